The molecule has 0 aliphatic carbocycles. The number of halogens is 2. The zero-order valence-corrected chi connectivity index (χ0v) is 11.8. The van der Waals surface area contributed by atoms with Crippen molar-refractivity contribution in [3.05, 3.63) is 64.1 Å². The summed E-state index contributed by atoms with van der Waals surface area (Å²) in [6.07, 6.45) is 3.33. The Morgan fingerprint density at radius 3 is 2.63 bits per heavy atom. The van der Waals surface area contributed by atoms with Gasteiger partial charge in [0.05, 0.1) is 10.5 Å². The molecule has 0 aliphatic heterocycles. The Kier molecular flexibility index (Phi) is 4.27. The predicted molar refractivity (Wildman–Crippen MR) is 74.2 cm³/mol. The van der Waals surface area contributed by atoms with Crippen LogP contribution in [0.4, 0.5) is 4.39 Å². The van der Waals surface area contributed by atoms with E-state index in [1.165, 1.54) is 12.1 Å². The summed E-state index contributed by atoms with van der Waals surface area (Å²) >= 11 is 3.05. The lowest BCUT2D eigenvalue weighted by molar-refractivity contribution is 0.0939. The van der Waals surface area contributed by atoms with Crippen LogP contribution < -0.4 is 5.32 Å². The van der Waals surface area contributed by atoms with Gasteiger partial charge in [-0.2, -0.15) is 0 Å². The molecule has 0 bridgehead atoms. The van der Waals surface area contributed by atoms with E-state index in [1.807, 2.05) is 19.1 Å². The first-order valence-electron chi connectivity index (χ1n) is 5.74. The minimum absolute atomic E-state index is 0.165. The van der Waals surface area contributed by atoms with Gasteiger partial charge < -0.3 is 5.32 Å². The smallest absolute Gasteiger partial charge is 0.251 e. The van der Waals surface area contributed by atoms with Crippen LogP contribution in [0.2, 0.25) is 0 Å². The lowest BCUT2D eigenvalue weighted by atomic mass is 10.1. The maximum Gasteiger partial charge on any atom is 0.251 e. The Morgan fingerprint density at radius 1 is 1.32 bits per heavy atom. The van der Waals surface area contributed by atoms with Gasteiger partial charge in [0.25, 0.3) is 5.91 Å². The maximum absolute atomic E-state index is 13.4. The number of pyridine rings is 1. The van der Waals surface area contributed by atoms with Crippen molar-refractivity contribution in [3.8, 4) is 0 Å². The van der Waals surface area contributed by atoms with Crippen LogP contribution in [0, 0.1) is 5.82 Å². The molecule has 1 aromatic heterocycles. The van der Waals surface area contributed by atoms with Gasteiger partial charge in [-0.15, -0.1) is 0 Å². The van der Waals surface area contributed by atoms with Gasteiger partial charge in [-0.25, -0.2) is 4.39 Å². The maximum atomic E-state index is 13.4. The number of benzene rings is 1. The van der Waals surface area contributed by atoms with Crippen LogP contribution in [-0.4, -0.2) is 10.9 Å². The first-order valence-corrected chi connectivity index (χ1v) is 6.53. The van der Waals surface area contributed by atoms with Crippen molar-refractivity contribution in [1.29, 1.82) is 0 Å². The zero-order valence-electron chi connectivity index (χ0n) is 10.2. The summed E-state index contributed by atoms with van der Waals surface area (Å²) < 4.78 is 13.7. The molecule has 2 rings (SSSR count). The highest BCUT2D eigenvalue weighted by Crippen LogP contribution is 2.17. The van der Waals surface area contributed by atoms with Crippen molar-refractivity contribution < 1.29 is 9.18 Å². The number of nitrogens with one attached hydrogen (secondary N) is 1. The van der Waals surface area contributed by atoms with Gasteiger partial charge in [0.2, 0.25) is 0 Å². The molecule has 1 aromatic carbocycles. The topological polar surface area (TPSA) is 42.0 Å². The van der Waals surface area contributed by atoms with Gasteiger partial charge in [0, 0.05) is 18.0 Å². The Hall–Kier alpha value is -1.75. The van der Waals surface area contributed by atoms with Gasteiger partial charge in [-0.05, 0) is 58.7 Å². The average Bonchev–Trinajstić information content (AvgIpc) is 2.42. The number of hydrogen-bond acceptors (Lipinski definition) is 2. The average molecular weight is 323 g/mol. The second kappa shape index (κ2) is 5.93. The molecule has 0 fully saturated rings. The number of rotatable bonds is 3. The van der Waals surface area contributed by atoms with Crippen LogP contribution >= 0.6 is 15.9 Å². The van der Waals surface area contributed by atoms with Crippen LogP contribution in [0.3, 0.4) is 0 Å². The van der Waals surface area contributed by atoms with Gasteiger partial charge in [0.1, 0.15) is 5.82 Å². The molecule has 1 amide bonds. The second-order valence-electron chi connectivity index (χ2n) is 4.10. The van der Waals surface area contributed by atoms with E-state index in [-0.39, 0.29) is 11.9 Å². The number of amides is 1. The largest absolute Gasteiger partial charge is 0.346 e. The molecule has 98 valence electrons. The van der Waals surface area contributed by atoms with Gasteiger partial charge in [-0.1, -0.05) is 0 Å². The molecule has 0 saturated heterocycles. The van der Waals surface area contributed by atoms with E-state index < -0.39 is 5.82 Å². The lowest BCUT2D eigenvalue weighted by Gasteiger charge is -2.14. The summed E-state index contributed by atoms with van der Waals surface area (Å²) in [5, 5.41) is 2.81. The van der Waals surface area contributed by atoms with Crippen LogP contribution in [0.15, 0.2) is 47.2 Å². The van der Waals surface area contributed by atoms with Crippen molar-refractivity contribution in [2.75, 3.05) is 0 Å². The van der Waals surface area contributed by atoms with Gasteiger partial charge >= 0.3 is 0 Å². The summed E-state index contributed by atoms with van der Waals surface area (Å²) in [5.74, 6) is -0.764. The molecule has 1 atom stereocenters. The third-order valence-electron chi connectivity index (χ3n) is 2.74. The highest BCUT2D eigenvalue weighted by atomic mass is 79.9. The van der Waals surface area contributed by atoms with E-state index in [9.17, 15) is 9.18 Å². The third-order valence-corrected chi connectivity index (χ3v) is 3.38. The number of nitrogens with zero attached hydrogens (tertiary/aromatic N) is 1. The van der Waals surface area contributed by atoms with Gasteiger partial charge in [-0.3, -0.25) is 9.78 Å². The monoisotopic (exact) mass is 322 g/mol. The summed E-state index contributed by atoms with van der Waals surface area (Å²) in [4.78, 5) is 15.9. The number of carbonyl (C=O) groups excluding carboxylic acids is 1. The molecular formula is C14H12BrFN2O. The first-order chi connectivity index (χ1) is 9.08. The molecule has 0 radical (unpaired) electrons. The number of aromatic nitrogens is 1. The Balaban J connectivity index is 2.11. The van der Waals surface area contributed by atoms with Crippen molar-refractivity contribution in [3.63, 3.8) is 0 Å². The summed E-state index contributed by atoms with van der Waals surface area (Å²) in [6.45, 7) is 1.86. The summed E-state index contributed by atoms with van der Waals surface area (Å²) in [6, 6.07) is 7.78. The molecule has 19 heavy (non-hydrogen) atoms. The Morgan fingerprint density at radius 2 is 2.00 bits per heavy atom. The Bertz CT molecular complexity index is 589. The molecule has 1 unspecified atom stereocenters. The second-order valence-corrected chi connectivity index (χ2v) is 4.96. The lowest BCUT2D eigenvalue weighted by Crippen LogP contribution is -2.26. The standard InChI is InChI=1S/C14H12BrFN2O/c1-9(10-4-6-17-7-5-10)18-14(19)11-2-3-12(15)13(16)8-11/h2-9H,1H3,(H,18,19). The van der Waals surface area contributed by atoms with E-state index in [1.54, 1.807) is 18.5 Å². The summed E-state index contributed by atoms with van der Waals surface area (Å²) in [5.41, 5.74) is 1.24. The van der Waals surface area contributed by atoms with Gasteiger partial charge in [0.15, 0.2) is 0 Å². The normalized spacial score (nSPS) is 11.9. The van der Waals surface area contributed by atoms with Crippen LogP contribution in [0.5, 0.6) is 0 Å². The zero-order chi connectivity index (χ0) is 13.8. The number of carbonyl (C=O) groups is 1. The van der Waals surface area contributed by atoms with Crippen molar-refractivity contribution in [1.82, 2.24) is 10.3 Å². The van der Waals surface area contributed by atoms with Crippen molar-refractivity contribution in [2.45, 2.75) is 13.0 Å². The molecule has 1 heterocycles. The van der Waals surface area contributed by atoms with E-state index >= 15 is 0 Å². The van der Waals surface area contributed by atoms with E-state index in [0.717, 1.165) is 5.56 Å². The molecule has 0 aliphatic rings. The number of hydrogen-bond donors (Lipinski definition) is 1. The summed E-state index contributed by atoms with van der Waals surface area (Å²) in [7, 11) is 0. The predicted octanol–water partition coefficient (Wildman–Crippen LogP) is 3.47. The fourth-order valence-corrected chi connectivity index (χ4v) is 1.90. The van der Waals surface area contributed by atoms with E-state index in [4.69, 9.17) is 0 Å². The van der Waals surface area contributed by atoms with Crippen LogP contribution in [0.1, 0.15) is 28.9 Å². The fraction of sp³-hybridized carbons (Fsp3) is 0.143. The van der Waals surface area contributed by atoms with Crippen LogP contribution in [0.25, 0.3) is 0 Å². The van der Waals surface area contributed by atoms with E-state index in [2.05, 4.69) is 26.2 Å². The SMILES string of the molecule is CC(NC(=O)c1ccc(Br)c(F)c1)c1ccncc1. The molecule has 3 nitrogen and oxygen atoms in total. The molecule has 2 aromatic rings. The fourth-order valence-electron chi connectivity index (χ4n) is 1.65. The highest BCUT2D eigenvalue weighted by Gasteiger charge is 2.12. The molecular weight excluding hydrogens is 311 g/mol. The van der Waals surface area contributed by atoms with Crippen molar-refractivity contribution in [2.24, 2.45) is 0 Å². The minimum atomic E-state index is -0.454. The highest BCUT2D eigenvalue weighted by molar-refractivity contribution is 9.10. The van der Waals surface area contributed by atoms with Crippen molar-refractivity contribution >= 4 is 21.8 Å². The molecule has 1 N–H and O–H groups in total. The van der Waals surface area contributed by atoms with Crippen LogP contribution in [-0.2, 0) is 0 Å². The third kappa shape index (κ3) is 3.38. The van der Waals surface area contributed by atoms with E-state index in [0.29, 0.717) is 10.0 Å². The molecule has 0 spiro atoms. The minimum Gasteiger partial charge on any atom is -0.346 e. The quantitative estimate of drug-likeness (QED) is 0.940. The Labute approximate surface area is 119 Å². The molecule has 0 saturated carbocycles. The first kappa shape index (κ1) is 13.7. The molecule has 5 heteroatoms.